The van der Waals surface area contributed by atoms with Gasteiger partial charge < -0.3 is 10.1 Å². The van der Waals surface area contributed by atoms with Gasteiger partial charge in [-0.3, -0.25) is 14.7 Å². The monoisotopic (exact) mass is 458 g/mol. The van der Waals surface area contributed by atoms with Crippen LogP contribution in [-0.2, 0) is 17.8 Å². The van der Waals surface area contributed by atoms with Crippen molar-refractivity contribution < 1.29 is 14.3 Å². The van der Waals surface area contributed by atoms with Crippen LogP contribution >= 0.6 is 23.4 Å². The van der Waals surface area contributed by atoms with Crippen LogP contribution in [0, 0.1) is 0 Å². The van der Waals surface area contributed by atoms with Crippen LogP contribution in [0.3, 0.4) is 0 Å². The molecule has 1 amide bonds. The van der Waals surface area contributed by atoms with Crippen molar-refractivity contribution in [2.45, 2.75) is 37.3 Å². The first-order valence-electron chi connectivity index (χ1n) is 9.74. The fourth-order valence-electron chi connectivity index (χ4n) is 2.74. The third-order valence-corrected chi connectivity index (χ3v) is 5.59. The number of hydrogen-bond donors (Lipinski definition) is 2. The normalized spacial score (nSPS) is 11.7. The van der Waals surface area contributed by atoms with Crippen LogP contribution < -0.4 is 10.1 Å². The summed E-state index contributed by atoms with van der Waals surface area (Å²) in [6.45, 7) is 4.13. The van der Waals surface area contributed by atoms with Gasteiger partial charge in [-0.1, -0.05) is 47.6 Å². The third-order valence-electron chi connectivity index (χ3n) is 4.38. The highest BCUT2D eigenvalue weighted by atomic mass is 35.5. The predicted molar refractivity (Wildman–Crippen MR) is 121 cm³/mol. The molecule has 0 aliphatic rings. The van der Waals surface area contributed by atoms with Gasteiger partial charge in [0.05, 0.1) is 5.25 Å². The first kappa shape index (κ1) is 22.8. The molecule has 0 aliphatic carbocycles. The van der Waals surface area contributed by atoms with Crippen molar-refractivity contribution in [2.24, 2.45) is 0 Å². The molecule has 1 atom stereocenters. The number of H-pyrrole nitrogens is 1. The summed E-state index contributed by atoms with van der Waals surface area (Å²) in [4.78, 5) is 28.0. The van der Waals surface area contributed by atoms with E-state index in [1.165, 1.54) is 18.7 Å². The van der Waals surface area contributed by atoms with Crippen molar-refractivity contribution in [1.82, 2.24) is 20.5 Å². The zero-order valence-corrected chi connectivity index (χ0v) is 18.8. The Kier molecular flexibility index (Phi) is 8.08. The summed E-state index contributed by atoms with van der Waals surface area (Å²) in [5, 5.41) is 10.5. The molecule has 0 saturated carbocycles. The van der Waals surface area contributed by atoms with E-state index >= 15 is 0 Å². The summed E-state index contributed by atoms with van der Waals surface area (Å²) in [7, 11) is 0. The van der Waals surface area contributed by atoms with E-state index in [4.69, 9.17) is 16.3 Å². The summed E-state index contributed by atoms with van der Waals surface area (Å²) < 4.78 is 5.64. The highest BCUT2D eigenvalue weighted by Gasteiger charge is 2.19. The average molecular weight is 459 g/mol. The largest absolute Gasteiger partial charge is 0.486 e. The zero-order chi connectivity index (χ0) is 22.2. The molecule has 0 aliphatic heterocycles. The average Bonchev–Trinajstić information content (AvgIpc) is 3.20. The van der Waals surface area contributed by atoms with Crippen LogP contribution in [-0.4, -0.2) is 38.7 Å². The van der Waals surface area contributed by atoms with Gasteiger partial charge in [0.2, 0.25) is 11.1 Å². The first-order valence-corrected chi connectivity index (χ1v) is 11.0. The Hall–Kier alpha value is -2.84. The number of Topliss-reactive ketones (excluding diaryl/α,β-unsaturated/α-hetero) is 1. The molecule has 0 bridgehead atoms. The van der Waals surface area contributed by atoms with Gasteiger partial charge in [-0.25, -0.2) is 4.98 Å². The van der Waals surface area contributed by atoms with Crippen molar-refractivity contribution in [1.29, 1.82) is 0 Å². The Morgan fingerprint density at radius 1 is 1.16 bits per heavy atom. The maximum absolute atomic E-state index is 12.7. The lowest BCUT2D eigenvalue weighted by Gasteiger charge is -2.09. The number of thioether (sulfide) groups is 1. The molecule has 31 heavy (non-hydrogen) atoms. The topological polar surface area (TPSA) is 97.0 Å². The molecule has 1 heterocycles. The first-order chi connectivity index (χ1) is 14.9. The quantitative estimate of drug-likeness (QED) is 0.351. The van der Waals surface area contributed by atoms with E-state index in [0.717, 1.165) is 12.0 Å². The number of aromatic nitrogens is 3. The van der Waals surface area contributed by atoms with E-state index in [1.807, 2.05) is 31.2 Å². The summed E-state index contributed by atoms with van der Waals surface area (Å²) in [5.41, 5.74) is 1.69. The van der Waals surface area contributed by atoms with Crippen LogP contribution in [0.1, 0.15) is 35.6 Å². The number of ketones is 1. The van der Waals surface area contributed by atoms with Crippen LogP contribution in [0.5, 0.6) is 5.75 Å². The highest BCUT2D eigenvalue weighted by molar-refractivity contribution is 8.00. The number of carbonyl (C=O) groups excluding carboxylic acids is 2. The lowest BCUT2D eigenvalue weighted by Crippen LogP contribution is -2.22. The number of nitrogens with zero attached hydrogens (tertiary/aromatic N) is 2. The molecule has 1 aromatic heterocycles. The Balaban J connectivity index is 1.50. The summed E-state index contributed by atoms with van der Waals surface area (Å²) in [6.07, 6.45) is 0.719. The molecule has 9 heteroatoms. The van der Waals surface area contributed by atoms with E-state index in [1.54, 1.807) is 24.3 Å². The van der Waals surface area contributed by atoms with Gasteiger partial charge in [0.25, 0.3) is 0 Å². The van der Waals surface area contributed by atoms with Crippen molar-refractivity contribution in [3.05, 3.63) is 70.5 Å². The predicted octanol–water partition coefficient (Wildman–Crippen LogP) is 4.08. The zero-order valence-electron chi connectivity index (χ0n) is 17.2. The molecular formula is C22H23ClN4O3S. The van der Waals surface area contributed by atoms with Crippen molar-refractivity contribution >= 4 is 35.1 Å². The second-order valence-corrected chi connectivity index (χ2v) is 8.61. The number of aromatic amines is 1. The van der Waals surface area contributed by atoms with E-state index in [-0.39, 0.29) is 23.5 Å². The van der Waals surface area contributed by atoms with Gasteiger partial charge in [0.15, 0.2) is 11.6 Å². The molecule has 0 spiro atoms. The minimum Gasteiger partial charge on any atom is -0.486 e. The van der Waals surface area contributed by atoms with E-state index in [9.17, 15) is 9.59 Å². The number of ether oxygens (including phenoxy) is 1. The maximum atomic E-state index is 12.7. The molecule has 2 N–H and O–H groups in total. The minimum atomic E-state index is -0.342. The number of rotatable bonds is 10. The molecule has 1 unspecified atom stereocenters. The second kappa shape index (κ2) is 11.0. The fourth-order valence-corrected chi connectivity index (χ4v) is 3.69. The third kappa shape index (κ3) is 7.11. The minimum absolute atomic E-state index is 0.00201. The van der Waals surface area contributed by atoms with Crippen molar-refractivity contribution in [3.63, 3.8) is 0 Å². The van der Waals surface area contributed by atoms with Gasteiger partial charge in [-0.15, -0.1) is 5.10 Å². The second-order valence-electron chi connectivity index (χ2n) is 6.86. The molecule has 2 aromatic carbocycles. The molecule has 7 nitrogen and oxygen atoms in total. The van der Waals surface area contributed by atoms with Crippen LogP contribution in [0.15, 0.2) is 53.7 Å². The Morgan fingerprint density at radius 2 is 1.87 bits per heavy atom. The number of amides is 1. The standard InChI is InChI=1S/C22H23ClN4O3S/c1-14(21(29)17-5-3-16(4-6-17)11-12-24-15(2)28)31-22-25-20(26-27-22)13-30-19-9-7-18(23)8-10-19/h3-10,14H,11-13H2,1-2H3,(H,24,28)(H,25,26,27). The van der Waals surface area contributed by atoms with E-state index in [2.05, 4.69) is 20.5 Å². The number of hydrogen-bond acceptors (Lipinski definition) is 6. The number of benzene rings is 2. The van der Waals surface area contributed by atoms with Crippen molar-refractivity contribution in [3.8, 4) is 5.75 Å². The Labute approximate surface area is 189 Å². The van der Waals surface area contributed by atoms with Gasteiger partial charge in [-0.2, -0.15) is 0 Å². The number of nitrogens with one attached hydrogen (secondary N) is 2. The van der Waals surface area contributed by atoms with E-state index in [0.29, 0.717) is 33.9 Å². The van der Waals surface area contributed by atoms with Gasteiger partial charge in [0, 0.05) is 24.1 Å². The maximum Gasteiger partial charge on any atom is 0.216 e. The van der Waals surface area contributed by atoms with Crippen LogP contribution in [0.25, 0.3) is 0 Å². The summed E-state index contributed by atoms with van der Waals surface area (Å²) in [5.74, 6) is 1.20. The highest BCUT2D eigenvalue weighted by Crippen LogP contribution is 2.23. The summed E-state index contributed by atoms with van der Waals surface area (Å²) >= 11 is 7.15. The van der Waals surface area contributed by atoms with Crippen LogP contribution in [0.4, 0.5) is 0 Å². The summed E-state index contributed by atoms with van der Waals surface area (Å²) in [6, 6.07) is 14.5. The van der Waals surface area contributed by atoms with Gasteiger partial charge >= 0.3 is 0 Å². The molecule has 162 valence electrons. The molecule has 0 radical (unpaired) electrons. The molecular weight excluding hydrogens is 436 g/mol. The lowest BCUT2D eigenvalue weighted by molar-refractivity contribution is -0.118. The SMILES string of the molecule is CC(=O)NCCc1ccc(C(=O)C(C)Sc2n[nH]c(COc3ccc(Cl)cc3)n2)cc1. The van der Waals surface area contributed by atoms with Crippen LogP contribution in [0.2, 0.25) is 5.02 Å². The number of carbonyl (C=O) groups is 2. The molecule has 3 aromatic rings. The van der Waals surface area contributed by atoms with E-state index < -0.39 is 0 Å². The van der Waals surface area contributed by atoms with Gasteiger partial charge in [-0.05, 0) is 43.2 Å². The molecule has 0 fully saturated rings. The number of halogens is 1. The molecule has 3 rings (SSSR count). The van der Waals surface area contributed by atoms with Crippen molar-refractivity contribution in [2.75, 3.05) is 6.54 Å². The smallest absolute Gasteiger partial charge is 0.216 e. The lowest BCUT2D eigenvalue weighted by atomic mass is 10.0. The van der Waals surface area contributed by atoms with Gasteiger partial charge in [0.1, 0.15) is 12.4 Å². The fraction of sp³-hybridized carbons (Fsp3) is 0.273. The molecule has 0 saturated heterocycles. The Morgan fingerprint density at radius 3 is 2.55 bits per heavy atom. The Bertz CT molecular complexity index is 1020.